The van der Waals surface area contributed by atoms with Crippen molar-refractivity contribution in [2.75, 3.05) is 32.7 Å². The van der Waals surface area contributed by atoms with Crippen molar-refractivity contribution >= 4 is 11.8 Å². The van der Waals surface area contributed by atoms with E-state index in [4.69, 9.17) is 0 Å². The Morgan fingerprint density at radius 3 is 2.82 bits per heavy atom. The maximum atomic E-state index is 11.9. The Kier molecular flexibility index (Phi) is 3.66. The lowest BCUT2D eigenvalue weighted by atomic mass is 10.1. The fourth-order valence-corrected chi connectivity index (χ4v) is 2.69. The monoisotopic (exact) mass is 239 g/mol. The van der Waals surface area contributed by atoms with E-state index in [9.17, 15) is 9.59 Å². The van der Waals surface area contributed by atoms with Gasteiger partial charge in [-0.3, -0.25) is 9.59 Å². The summed E-state index contributed by atoms with van der Waals surface area (Å²) in [5.41, 5.74) is 0. The van der Waals surface area contributed by atoms with Crippen LogP contribution in [0, 0.1) is 5.92 Å². The molecule has 2 rings (SSSR count). The van der Waals surface area contributed by atoms with Gasteiger partial charge in [0.15, 0.2) is 0 Å². The van der Waals surface area contributed by atoms with Crippen molar-refractivity contribution in [2.24, 2.45) is 5.92 Å². The van der Waals surface area contributed by atoms with E-state index < -0.39 is 0 Å². The third-order valence-electron chi connectivity index (χ3n) is 3.69. The van der Waals surface area contributed by atoms with Gasteiger partial charge in [0.25, 0.3) is 0 Å². The van der Waals surface area contributed by atoms with Crippen molar-refractivity contribution < 1.29 is 9.59 Å². The first-order valence-electron chi connectivity index (χ1n) is 6.40. The molecule has 1 N–H and O–H groups in total. The molecule has 2 unspecified atom stereocenters. The minimum atomic E-state index is -0.361. The maximum Gasteiger partial charge on any atom is 0.245 e. The fraction of sp³-hybridized carbons (Fsp3) is 0.833. The van der Waals surface area contributed by atoms with Crippen molar-refractivity contribution in [3.63, 3.8) is 0 Å². The van der Waals surface area contributed by atoms with Crippen molar-refractivity contribution in [3.05, 3.63) is 0 Å². The summed E-state index contributed by atoms with van der Waals surface area (Å²) < 4.78 is 0. The highest BCUT2D eigenvalue weighted by Crippen LogP contribution is 2.18. The molecule has 0 aromatic heterocycles. The van der Waals surface area contributed by atoms with E-state index in [2.05, 4.69) is 17.1 Å². The second kappa shape index (κ2) is 5.04. The minimum absolute atomic E-state index is 0.0394. The summed E-state index contributed by atoms with van der Waals surface area (Å²) in [5, 5.41) is 2.66. The normalized spacial score (nSPS) is 30.8. The van der Waals surface area contributed by atoms with E-state index in [1.165, 1.54) is 0 Å². The van der Waals surface area contributed by atoms with Crippen molar-refractivity contribution in [3.8, 4) is 0 Å². The fourth-order valence-electron chi connectivity index (χ4n) is 2.69. The van der Waals surface area contributed by atoms with Gasteiger partial charge in [0.1, 0.15) is 6.04 Å². The summed E-state index contributed by atoms with van der Waals surface area (Å²) in [7, 11) is 0. The Bertz CT molecular complexity index is 319. The molecule has 0 radical (unpaired) electrons. The van der Waals surface area contributed by atoms with Gasteiger partial charge >= 0.3 is 0 Å². The number of hydrogen-bond acceptors (Lipinski definition) is 3. The molecule has 5 nitrogen and oxygen atoms in total. The highest BCUT2D eigenvalue weighted by atomic mass is 16.2. The van der Waals surface area contributed by atoms with Gasteiger partial charge in [-0.2, -0.15) is 0 Å². The standard InChI is InChI=1S/C12H21N3O2/c1-3-14-5-4-10(6-14)7-15-8-11(16)13-9(2)12(15)17/h9-10H,3-8H2,1-2H3,(H,13,16). The van der Waals surface area contributed by atoms with Crippen molar-refractivity contribution in [1.29, 1.82) is 0 Å². The second-order valence-corrected chi connectivity index (χ2v) is 5.06. The molecule has 5 heteroatoms. The first-order valence-corrected chi connectivity index (χ1v) is 6.40. The third-order valence-corrected chi connectivity index (χ3v) is 3.69. The largest absolute Gasteiger partial charge is 0.343 e. The highest BCUT2D eigenvalue weighted by Gasteiger charge is 2.32. The Morgan fingerprint density at radius 1 is 1.41 bits per heavy atom. The van der Waals surface area contributed by atoms with Gasteiger partial charge in [0, 0.05) is 13.1 Å². The van der Waals surface area contributed by atoms with E-state index >= 15 is 0 Å². The molecule has 0 aliphatic carbocycles. The lowest BCUT2D eigenvalue weighted by Gasteiger charge is -2.32. The summed E-state index contributed by atoms with van der Waals surface area (Å²) in [4.78, 5) is 27.4. The number of amides is 2. The first-order chi connectivity index (χ1) is 8.10. The molecule has 2 heterocycles. The van der Waals surface area contributed by atoms with Gasteiger partial charge in [-0.25, -0.2) is 0 Å². The summed E-state index contributed by atoms with van der Waals surface area (Å²) in [6.07, 6.45) is 1.13. The lowest BCUT2D eigenvalue weighted by molar-refractivity contribution is -0.144. The van der Waals surface area contributed by atoms with Gasteiger partial charge in [-0.05, 0) is 32.4 Å². The van der Waals surface area contributed by atoms with Crippen LogP contribution in [0.4, 0.5) is 0 Å². The molecule has 2 aliphatic rings. The van der Waals surface area contributed by atoms with E-state index in [-0.39, 0.29) is 24.4 Å². The zero-order chi connectivity index (χ0) is 12.4. The van der Waals surface area contributed by atoms with Crippen LogP contribution >= 0.6 is 0 Å². The molecule has 17 heavy (non-hydrogen) atoms. The lowest BCUT2D eigenvalue weighted by Crippen LogP contribution is -2.57. The summed E-state index contributed by atoms with van der Waals surface area (Å²) in [6, 6.07) is -0.361. The quantitative estimate of drug-likeness (QED) is 0.734. The Balaban J connectivity index is 1.89. The predicted octanol–water partition coefficient (Wildman–Crippen LogP) is -0.325. The number of carbonyl (C=O) groups is 2. The Labute approximate surface area is 102 Å². The summed E-state index contributed by atoms with van der Waals surface area (Å²) in [5.74, 6) is 0.541. The highest BCUT2D eigenvalue weighted by molar-refractivity contribution is 5.94. The smallest absolute Gasteiger partial charge is 0.245 e. The van der Waals surface area contributed by atoms with Crippen molar-refractivity contribution in [1.82, 2.24) is 15.1 Å². The number of piperazine rings is 1. The van der Waals surface area contributed by atoms with E-state index in [1.54, 1.807) is 11.8 Å². The summed E-state index contributed by atoms with van der Waals surface area (Å²) >= 11 is 0. The molecule has 2 fully saturated rings. The number of carbonyl (C=O) groups excluding carboxylic acids is 2. The molecule has 2 atom stereocenters. The zero-order valence-corrected chi connectivity index (χ0v) is 10.6. The average Bonchev–Trinajstić information content (AvgIpc) is 2.73. The van der Waals surface area contributed by atoms with Crippen LogP contribution in [-0.2, 0) is 9.59 Å². The molecule has 2 amide bonds. The molecule has 0 saturated carbocycles. The van der Waals surface area contributed by atoms with Gasteiger partial charge in [0.2, 0.25) is 11.8 Å². The van der Waals surface area contributed by atoms with Gasteiger partial charge in [-0.1, -0.05) is 6.92 Å². The van der Waals surface area contributed by atoms with Crippen LogP contribution in [0.5, 0.6) is 0 Å². The van der Waals surface area contributed by atoms with Gasteiger partial charge in [-0.15, -0.1) is 0 Å². The Hall–Kier alpha value is -1.10. The number of likely N-dealkylation sites (tertiary alicyclic amines) is 1. The molecule has 96 valence electrons. The predicted molar refractivity (Wildman–Crippen MR) is 64.4 cm³/mol. The van der Waals surface area contributed by atoms with Crippen LogP contribution < -0.4 is 5.32 Å². The molecule has 0 bridgehead atoms. The van der Waals surface area contributed by atoms with Crippen LogP contribution in [0.2, 0.25) is 0 Å². The molecular weight excluding hydrogens is 218 g/mol. The molecule has 0 aromatic rings. The first kappa shape index (κ1) is 12.4. The van der Waals surface area contributed by atoms with Crippen molar-refractivity contribution in [2.45, 2.75) is 26.3 Å². The van der Waals surface area contributed by atoms with Crippen LogP contribution in [-0.4, -0.2) is 60.4 Å². The van der Waals surface area contributed by atoms with Crippen LogP contribution in [0.3, 0.4) is 0 Å². The number of nitrogens with one attached hydrogen (secondary N) is 1. The topological polar surface area (TPSA) is 52.6 Å². The second-order valence-electron chi connectivity index (χ2n) is 5.06. The summed E-state index contributed by atoms with van der Waals surface area (Å²) in [6.45, 7) is 8.10. The molecule has 0 aromatic carbocycles. The molecule has 0 spiro atoms. The molecule has 2 aliphatic heterocycles. The average molecular weight is 239 g/mol. The Morgan fingerprint density at radius 2 is 2.18 bits per heavy atom. The number of hydrogen-bond donors (Lipinski definition) is 1. The van der Waals surface area contributed by atoms with E-state index in [1.807, 2.05) is 0 Å². The third kappa shape index (κ3) is 2.77. The zero-order valence-electron chi connectivity index (χ0n) is 10.6. The van der Waals surface area contributed by atoms with Crippen LogP contribution in [0.25, 0.3) is 0 Å². The minimum Gasteiger partial charge on any atom is -0.343 e. The van der Waals surface area contributed by atoms with E-state index in [0.717, 1.165) is 32.6 Å². The number of rotatable bonds is 3. The maximum absolute atomic E-state index is 11.9. The number of nitrogens with zero attached hydrogens (tertiary/aromatic N) is 2. The van der Waals surface area contributed by atoms with Crippen LogP contribution in [0.1, 0.15) is 20.3 Å². The SMILES string of the molecule is CCN1CCC(CN2CC(=O)NC(C)C2=O)C1. The van der Waals surface area contributed by atoms with Gasteiger partial charge < -0.3 is 15.1 Å². The molecular formula is C12H21N3O2. The van der Waals surface area contributed by atoms with Crippen LogP contribution in [0.15, 0.2) is 0 Å². The van der Waals surface area contributed by atoms with E-state index in [0.29, 0.717) is 5.92 Å². The molecule has 2 saturated heterocycles. The van der Waals surface area contributed by atoms with Gasteiger partial charge in [0.05, 0.1) is 6.54 Å².